The third kappa shape index (κ3) is 4.53. The number of halogens is 1. The van der Waals surface area contributed by atoms with Crippen molar-refractivity contribution in [2.45, 2.75) is 19.9 Å². The van der Waals surface area contributed by atoms with E-state index in [0.29, 0.717) is 6.54 Å². The summed E-state index contributed by atoms with van der Waals surface area (Å²) < 4.78 is 23.6. The van der Waals surface area contributed by atoms with Crippen molar-refractivity contribution < 1.29 is 8.42 Å². The minimum absolute atomic E-state index is 0.198. The topological polar surface area (TPSA) is 46.2 Å². The lowest BCUT2D eigenvalue weighted by Crippen LogP contribution is -2.25. The van der Waals surface area contributed by atoms with Crippen molar-refractivity contribution in [2.24, 2.45) is 0 Å². The second-order valence-electron chi connectivity index (χ2n) is 3.58. The van der Waals surface area contributed by atoms with Crippen LogP contribution in [0, 0.1) is 0 Å². The molecule has 0 aromatic carbocycles. The van der Waals surface area contributed by atoms with Crippen LogP contribution in [0.25, 0.3) is 0 Å². The number of hydrogen-bond acceptors (Lipinski definition) is 4. The monoisotopic (exact) mass is 325 g/mol. The molecule has 0 bridgehead atoms. The van der Waals surface area contributed by atoms with Crippen LogP contribution in [0.15, 0.2) is 15.9 Å². The normalized spacial score (nSPS) is 13.9. The third-order valence-corrected chi connectivity index (χ3v) is 5.90. The van der Waals surface area contributed by atoms with Crippen LogP contribution in [-0.2, 0) is 9.84 Å². The van der Waals surface area contributed by atoms with Gasteiger partial charge >= 0.3 is 0 Å². The van der Waals surface area contributed by atoms with E-state index in [1.807, 2.05) is 12.3 Å². The van der Waals surface area contributed by atoms with Gasteiger partial charge in [0.1, 0.15) is 0 Å². The smallest absolute Gasteiger partial charge is 0.151 e. The largest absolute Gasteiger partial charge is 0.308 e. The first-order chi connectivity index (χ1) is 7.44. The van der Waals surface area contributed by atoms with Crippen LogP contribution in [0.2, 0.25) is 0 Å². The lowest BCUT2D eigenvalue weighted by molar-refractivity contribution is 0.576. The zero-order valence-electron chi connectivity index (χ0n) is 9.36. The van der Waals surface area contributed by atoms with Crippen LogP contribution in [0.1, 0.15) is 24.8 Å². The van der Waals surface area contributed by atoms with E-state index in [4.69, 9.17) is 0 Å². The first-order valence-electron chi connectivity index (χ1n) is 5.12. The Balaban J connectivity index is 2.39. The number of sulfone groups is 1. The molecule has 16 heavy (non-hydrogen) atoms. The molecule has 0 radical (unpaired) electrons. The predicted molar refractivity (Wildman–Crippen MR) is 72.8 cm³/mol. The second kappa shape index (κ2) is 6.14. The molecule has 1 unspecified atom stereocenters. The molecule has 0 saturated heterocycles. The molecule has 1 atom stereocenters. The summed E-state index contributed by atoms with van der Waals surface area (Å²) >= 11 is 5.06. The molecule has 0 amide bonds. The van der Waals surface area contributed by atoms with Crippen LogP contribution < -0.4 is 5.32 Å². The van der Waals surface area contributed by atoms with Crippen molar-refractivity contribution in [1.82, 2.24) is 5.32 Å². The summed E-state index contributed by atoms with van der Waals surface area (Å²) in [7, 11) is -2.86. The van der Waals surface area contributed by atoms with Crippen LogP contribution in [0.4, 0.5) is 0 Å². The molecule has 0 spiro atoms. The zero-order valence-corrected chi connectivity index (χ0v) is 12.6. The fraction of sp³-hybridized carbons (Fsp3) is 0.600. The average Bonchev–Trinajstić information content (AvgIpc) is 2.64. The summed E-state index contributed by atoms with van der Waals surface area (Å²) in [4.78, 5) is 1.21. The van der Waals surface area contributed by atoms with Crippen LogP contribution >= 0.6 is 27.3 Å². The van der Waals surface area contributed by atoms with E-state index in [0.717, 1.165) is 4.47 Å². The second-order valence-corrected chi connectivity index (χ2v) is 7.91. The highest BCUT2D eigenvalue weighted by atomic mass is 79.9. The van der Waals surface area contributed by atoms with E-state index in [9.17, 15) is 8.42 Å². The maximum Gasteiger partial charge on any atom is 0.151 e. The summed E-state index contributed by atoms with van der Waals surface area (Å²) in [5.41, 5.74) is 0. The lowest BCUT2D eigenvalue weighted by Gasteiger charge is -2.11. The first kappa shape index (κ1) is 14.2. The fourth-order valence-electron chi connectivity index (χ4n) is 1.23. The van der Waals surface area contributed by atoms with Crippen molar-refractivity contribution in [3.05, 3.63) is 20.8 Å². The van der Waals surface area contributed by atoms with Gasteiger partial charge in [-0.05, 0) is 28.9 Å². The summed E-state index contributed by atoms with van der Waals surface area (Å²) in [5, 5.41) is 5.24. The highest BCUT2D eigenvalue weighted by Crippen LogP contribution is 2.25. The number of thiophene rings is 1. The maximum atomic E-state index is 11.3. The van der Waals surface area contributed by atoms with Gasteiger partial charge in [-0.3, -0.25) is 0 Å². The Kier molecular flexibility index (Phi) is 5.43. The molecule has 0 aliphatic rings. The highest BCUT2D eigenvalue weighted by Gasteiger charge is 2.10. The molecule has 0 aliphatic carbocycles. The van der Waals surface area contributed by atoms with Crippen LogP contribution in [0.5, 0.6) is 0 Å². The van der Waals surface area contributed by atoms with Crippen LogP contribution in [0.3, 0.4) is 0 Å². The summed E-state index contributed by atoms with van der Waals surface area (Å²) in [6, 6.07) is 2.25. The molecular formula is C10H16BrNO2S2. The lowest BCUT2D eigenvalue weighted by atomic mass is 10.3. The number of nitrogens with one attached hydrogen (secondary N) is 1. The van der Waals surface area contributed by atoms with Crippen molar-refractivity contribution >= 4 is 37.1 Å². The number of hydrogen-bond donors (Lipinski definition) is 1. The molecule has 1 aromatic rings. The third-order valence-electron chi connectivity index (χ3n) is 2.32. The molecule has 0 saturated carbocycles. The van der Waals surface area contributed by atoms with E-state index in [1.165, 1.54) is 4.88 Å². The fourth-order valence-corrected chi connectivity index (χ4v) is 3.43. The molecule has 3 nitrogen and oxygen atoms in total. The van der Waals surface area contributed by atoms with Gasteiger partial charge in [-0.15, -0.1) is 11.3 Å². The molecule has 1 heterocycles. The Morgan fingerprint density at radius 1 is 1.56 bits per heavy atom. The quantitative estimate of drug-likeness (QED) is 0.874. The van der Waals surface area contributed by atoms with Gasteiger partial charge in [0.25, 0.3) is 0 Å². The Morgan fingerprint density at radius 2 is 2.25 bits per heavy atom. The zero-order chi connectivity index (χ0) is 12.2. The van der Waals surface area contributed by atoms with Crippen molar-refractivity contribution in [3.8, 4) is 0 Å². The minimum atomic E-state index is -2.86. The predicted octanol–water partition coefficient (Wildman–Crippen LogP) is 2.60. The van der Waals surface area contributed by atoms with Gasteiger partial charge in [0.05, 0.1) is 5.75 Å². The Labute approximate surface area is 109 Å². The van der Waals surface area contributed by atoms with Gasteiger partial charge in [-0.2, -0.15) is 0 Å². The summed E-state index contributed by atoms with van der Waals surface area (Å²) in [6.45, 7) is 4.22. The van der Waals surface area contributed by atoms with E-state index in [-0.39, 0.29) is 17.5 Å². The Morgan fingerprint density at radius 3 is 2.75 bits per heavy atom. The molecule has 6 heteroatoms. The SMILES string of the molecule is CCS(=O)(=O)CCNC(C)c1cc(Br)cs1. The molecule has 0 aliphatic heterocycles. The van der Waals surface area contributed by atoms with Gasteiger partial charge in [-0.25, -0.2) is 8.42 Å². The van der Waals surface area contributed by atoms with Gasteiger partial charge in [0.2, 0.25) is 0 Å². The molecule has 1 aromatic heterocycles. The molecule has 92 valence electrons. The van der Waals surface area contributed by atoms with Gasteiger partial charge in [0, 0.05) is 33.1 Å². The van der Waals surface area contributed by atoms with Crippen molar-refractivity contribution in [1.29, 1.82) is 0 Å². The Hall–Kier alpha value is 0.0900. The van der Waals surface area contributed by atoms with E-state index in [1.54, 1.807) is 18.3 Å². The minimum Gasteiger partial charge on any atom is -0.308 e. The highest BCUT2D eigenvalue weighted by molar-refractivity contribution is 9.10. The van der Waals surface area contributed by atoms with Gasteiger partial charge < -0.3 is 5.32 Å². The van der Waals surface area contributed by atoms with Crippen molar-refractivity contribution in [3.63, 3.8) is 0 Å². The van der Waals surface area contributed by atoms with Gasteiger partial charge in [0.15, 0.2) is 9.84 Å². The molecule has 1 N–H and O–H groups in total. The molecular weight excluding hydrogens is 310 g/mol. The standard InChI is InChI=1S/C10H16BrNO2S2/c1-3-16(13,14)5-4-12-8(2)10-6-9(11)7-15-10/h6-8,12H,3-5H2,1-2H3. The molecule has 1 rings (SSSR count). The van der Waals surface area contributed by atoms with E-state index >= 15 is 0 Å². The first-order valence-corrected chi connectivity index (χ1v) is 8.61. The average molecular weight is 326 g/mol. The summed E-state index contributed by atoms with van der Waals surface area (Å²) in [6.07, 6.45) is 0. The number of rotatable bonds is 6. The van der Waals surface area contributed by atoms with E-state index < -0.39 is 9.84 Å². The maximum absolute atomic E-state index is 11.3. The Bertz CT molecular complexity index is 428. The van der Waals surface area contributed by atoms with Crippen molar-refractivity contribution in [2.75, 3.05) is 18.1 Å². The van der Waals surface area contributed by atoms with E-state index in [2.05, 4.69) is 27.3 Å². The summed E-state index contributed by atoms with van der Waals surface area (Å²) in [5.74, 6) is 0.425. The van der Waals surface area contributed by atoms with Crippen LogP contribution in [-0.4, -0.2) is 26.5 Å². The van der Waals surface area contributed by atoms with Gasteiger partial charge in [-0.1, -0.05) is 6.92 Å². The molecule has 0 fully saturated rings.